The van der Waals surface area contributed by atoms with E-state index in [1.54, 1.807) is 0 Å². The summed E-state index contributed by atoms with van der Waals surface area (Å²) in [5, 5.41) is -0.0726. The first-order valence-corrected chi connectivity index (χ1v) is 3.68. The number of carbonyl (C=O) groups excluding carboxylic acids is 1. The third-order valence-corrected chi connectivity index (χ3v) is 1.54. The predicted molar refractivity (Wildman–Crippen MR) is 44.9 cm³/mol. The van der Waals surface area contributed by atoms with Gasteiger partial charge in [0.1, 0.15) is 5.02 Å². The molecule has 0 saturated carbocycles. The van der Waals surface area contributed by atoms with Crippen molar-refractivity contribution in [2.24, 2.45) is 0 Å². The number of halogens is 2. The smallest absolute Gasteiger partial charge is 0.309 e. The van der Waals surface area contributed by atoms with Crippen molar-refractivity contribution in [3.63, 3.8) is 0 Å². The first-order valence-electron chi connectivity index (χ1n) is 3.30. The molecule has 2 N–H and O–H groups in total. The van der Waals surface area contributed by atoms with E-state index in [2.05, 4.69) is 9.72 Å². The Morgan fingerprint density at radius 2 is 2.38 bits per heavy atom. The highest BCUT2D eigenvalue weighted by molar-refractivity contribution is 6.34. The number of aromatic nitrogens is 1. The van der Waals surface area contributed by atoms with Crippen LogP contribution in [0.2, 0.25) is 5.02 Å². The lowest BCUT2D eigenvalue weighted by atomic mass is 10.4. The fourth-order valence-corrected chi connectivity index (χ4v) is 0.833. The minimum atomic E-state index is -0.849. The molecular formula is C7H6ClFN2O2. The second-order valence-electron chi connectivity index (χ2n) is 2.25. The zero-order valence-corrected chi connectivity index (χ0v) is 7.43. The summed E-state index contributed by atoms with van der Waals surface area (Å²) < 4.78 is 17.1. The normalized spacial score (nSPS) is 9.77. The van der Waals surface area contributed by atoms with Gasteiger partial charge in [0.15, 0.2) is 0 Å². The van der Waals surface area contributed by atoms with Crippen LogP contribution in [0.25, 0.3) is 0 Å². The summed E-state index contributed by atoms with van der Waals surface area (Å²) in [6, 6.07) is 0.940. The Kier molecular flexibility index (Phi) is 2.67. The third kappa shape index (κ3) is 2.29. The number of anilines is 1. The highest BCUT2D eigenvalue weighted by Crippen LogP contribution is 2.28. The molecule has 0 amide bonds. The Hall–Kier alpha value is -1.36. The van der Waals surface area contributed by atoms with Gasteiger partial charge in [-0.2, -0.15) is 9.37 Å². The van der Waals surface area contributed by atoms with E-state index in [9.17, 15) is 9.18 Å². The maximum absolute atomic E-state index is 12.6. The molecule has 0 aliphatic rings. The molecule has 1 aromatic heterocycles. The maximum atomic E-state index is 12.6. The van der Waals surface area contributed by atoms with E-state index in [1.807, 2.05) is 0 Å². The summed E-state index contributed by atoms with van der Waals surface area (Å²) in [4.78, 5) is 13.8. The van der Waals surface area contributed by atoms with Crippen LogP contribution in [-0.2, 0) is 4.79 Å². The number of hydrogen-bond acceptors (Lipinski definition) is 4. The quantitative estimate of drug-likeness (QED) is 0.555. The van der Waals surface area contributed by atoms with Crippen LogP contribution in [-0.4, -0.2) is 11.0 Å². The Bertz CT molecular complexity index is 357. The monoisotopic (exact) mass is 204 g/mol. The summed E-state index contributed by atoms with van der Waals surface area (Å²) in [5.74, 6) is -1.80. The van der Waals surface area contributed by atoms with Crippen molar-refractivity contribution in [3.8, 4) is 5.88 Å². The number of nitrogens with two attached hydrogens (primary N) is 1. The van der Waals surface area contributed by atoms with Crippen molar-refractivity contribution >= 4 is 23.3 Å². The fourth-order valence-electron chi connectivity index (χ4n) is 0.697. The van der Waals surface area contributed by atoms with Gasteiger partial charge in [0.05, 0.1) is 5.69 Å². The lowest BCUT2D eigenvalue weighted by Gasteiger charge is -2.04. The summed E-state index contributed by atoms with van der Waals surface area (Å²) in [5.41, 5.74) is 5.27. The molecule has 70 valence electrons. The van der Waals surface area contributed by atoms with Crippen LogP contribution in [0.3, 0.4) is 0 Å². The Balaban J connectivity index is 3.12. The molecule has 4 nitrogen and oxygen atoms in total. The Morgan fingerprint density at radius 1 is 1.77 bits per heavy atom. The van der Waals surface area contributed by atoms with E-state index in [4.69, 9.17) is 17.3 Å². The molecular weight excluding hydrogens is 199 g/mol. The molecule has 0 fully saturated rings. The number of ether oxygens (including phenoxy) is 1. The van der Waals surface area contributed by atoms with Gasteiger partial charge >= 0.3 is 5.97 Å². The zero-order valence-electron chi connectivity index (χ0n) is 6.67. The molecule has 0 aromatic carbocycles. The van der Waals surface area contributed by atoms with E-state index >= 15 is 0 Å². The van der Waals surface area contributed by atoms with Crippen LogP contribution >= 0.6 is 11.6 Å². The zero-order chi connectivity index (χ0) is 10.0. The van der Waals surface area contributed by atoms with Gasteiger partial charge in [-0.1, -0.05) is 11.6 Å². The molecule has 1 aromatic rings. The van der Waals surface area contributed by atoms with Gasteiger partial charge in [-0.3, -0.25) is 4.79 Å². The van der Waals surface area contributed by atoms with Gasteiger partial charge in [-0.05, 0) is 0 Å². The minimum absolute atomic E-state index is 0.0228. The van der Waals surface area contributed by atoms with Crippen molar-refractivity contribution < 1.29 is 13.9 Å². The molecule has 0 radical (unpaired) electrons. The Labute approximate surface area is 78.5 Å². The first kappa shape index (κ1) is 9.73. The maximum Gasteiger partial charge on any atom is 0.309 e. The van der Waals surface area contributed by atoms with E-state index in [0.717, 1.165) is 13.0 Å². The van der Waals surface area contributed by atoms with E-state index in [-0.39, 0.29) is 16.6 Å². The third-order valence-electron chi connectivity index (χ3n) is 1.16. The minimum Gasteiger partial charge on any atom is -0.406 e. The number of nitrogen functional groups attached to an aromatic ring is 1. The van der Waals surface area contributed by atoms with Gasteiger partial charge in [0.25, 0.3) is 0 Å². The van der Waals surface area contributed by atoms with E-state index in [0.29, 0.717) is 0 Å². The average Bonchev–Trinajstić information content (AvgIpc) is 1.98. The Morgan fingerprint density at radius 3 is 2.92 bits per heavy atom. The second-order valence-corrected chi connectivity index (χ2v) is 2.62. The standard InChI is InChI=1S/C7H6ClFN2O2/c1-3(12)13-7-6(8)4(10)2-5(9)11-7/h2H,1H3,(H2,10,11). The van der Waals surface area contributed by atoms with Crippen molar-refractivity contribution in [2.45, 2.75) is 6.92 Å². The molecule has 0 aliphatic carbocycles. The van der Waals surface area contributed by atoms with E-state index in [1.165, 1.54) is 0 Å². The molecule has 1 rings (SSSR count). The van der Waals surface area contributed by atoms with Crippen LogP contribution in [0.4, 0.5) is 10.1 Å². The van der Waals surface area contributed by atoms with Crippen molar-refractivity contribution in [1.29, 1.82) is 0 Å². The van der Waals surface area contributed by atoms with Gasteiger partial charge in [0, 0.05) is 13.0 Å². The topological polar surface area (TPSA) is 65.2 Å². The van der Waals surface area contributed by atoms with Gasteiger partial charge < -0.3 is 10.5 Å². The number of pyridine rings is 1. The molecule has 0 saturated heterocycles. The van der Waals surface area contributed by atoms with Crippen molar-refractivity contribution in [3.05, 3.63) is 17.0 Å². The number of rotatable bonds is 1. The summed E-state index contributed by atoms with van der Waals surface area (Å²) in [7, 11) is 0. The van der Waals surface area contributed by atoms with Gasteiger partial charge in [-0.25, -0.2) is 0 Å². The summed E-state index contributed by atoms with van der Waals surface area (Å²) in [6.07, 6.45) is 0. The van der Waals surface area contributed by atoms with E-state index < -0.39 is 11.9 Å². The molecule has 0 bridgehead atoms. The summed E-state index contributed by atoms with van der Waals surface area (Å²) >= 11 is 5.58. The molecule has 0 atom stereocenters. The molecule has 0 aliphatic heterocycles. The number of esters is 1. The van der Waals surface area contributed by atoms with Gasteiger partial charge in [-0.15, -0.1) is 0 Å². The molecule has 1 heterocycles. The molecule has 6 heteroatoms. The van der Waals surface area contributed by atoms with Crippen LogP contribution in [0, 0.1) is 5.95 Å². The van der Waals surface area contributed by atoms with Crippen LogP contribution in [0.5, 0.6) is 5.88 Å². The van der Waals surface area contributed by atoms with Crippen molar-refractivity contribution in [1.82, 2.24) is 4.98 Å². The molecule has 13 heavy (non-hydrogen) atoms. The highest BCUT2D eigenvalue weighted by Gasteiger charge is 2.11. The van der Waals surface area contributed by atoms with Crippen LogP contribution < -0.4 is 10.5 Å². The SMILES string of the molecule is CC(=O)Oc1nc(F)cc(N)c1Cl. The van der Waals surface area contributed by atoms with Crippen molar-refractivity contribution in [2.75, 3.05) is 5.73 Å². The highest BCUT2D eigenvalue weighted by atomic mass is 35.5. The summed E-state index contributed by atoms with van der Waals surface area (Å²) in [6.45, 7) is 1.15. The average molecular weight is 205 g/mol. The molecule has 0 unspecified atom stereocenters. The van der Waals surface area contributed by atoms with Crippen LogP contribution in [0.15, 0.2) is 6.07 Å². The van der Waals surface area contributed by atoms with Crippen LogP contribution in [0.1, 0.15) is 6.92 Å². The second kappa shape index (κ2) is 3.57. The lowest BCUT2D eigenvalue weighted by Crippen LogP contribution is -2.05. The number of carbonyl (C=O) groups is 1. The molecule has 0 spiro atoms. The predicted octanol–water partition coefficient (Wildman–Crippen LogP) is 1.38. The lowest BCUT2D eigenvalue weighted by molar-refractivity contribution is -0.132. The van der Waals surface area contributed by atoms with Gasteiger partial charge in [0.2, 0.25) is 11.8 Å². The first-order chi connectivity index (χ1) is 6.00. The fraction of sp³-hybridized carbons (Fsp3) is 0.143. The number of nitrogens with zero attached hydrogens (tertiary/aromatic N) is 1. The number of hydrogen-bond donors (Lipinski definition) is 1. The largest absolute Gasteiger partial charge is 0.406 e.